The lowest BCUT2D eigenvalue weighted by Gasteiger charge is -2.44. The molecule has 6 rings (SSSR count). The molecule has 2 aliphatic heterocycles. The molecule has 0 radical (unpaired) electrons. The average Bonchev–Trinajstić information content (AvgIpc) is 3.24. The summed E-state index contributed by atoms with van der Waals surface area (Å²) in [5.41, 5.74) is 7.52. The van der Waals surface area contributed by atoms with Crippen molar-refractivity contribution in [1.29, 1.82) is 0 Å². The molecule has 182 valence electrons. The number of benzene rings is 3. The van der Waals surface area contributed by atoms with E-state index in [-0.39, 0.29) is 30.1 Å². The number of hydrogen-bond acceptors (Lipinski definition) is 5. The maximum absolute atomic E-state index is 13.4. The minimum Gasteiger partial charge on any atom is -0.465 e. The highest BCUT2D eigenvalue weighted by atomic mass is 16.6. The summed E-state index contributed by atoms with van der Waals surface area (Å²) in [7, 11) is 1.37. The summed E-state index contributed by atoms with van der Waals surface area (Å²) < 4.78 is 16.5. The van der Waals surface area contributed by atoms with Gasteiger partial charge in [-0.25, -0.2) is 9.59 Å². The van der Waals surface area contributed by atoms with Gasteiger partial charge in [0.2, 0.25) is 0 Å². The summed E-state index contributed by atoms with van der Waals surface area (Å²) in [6.07, 6.45) is 2.45. The highest BCUT2D eigenvalue weighted by molar-refractivity contribution is 5.90. The van der Waals surface area contributed by atoms with E-state index in [2.05, 4.69) is 30.3 Å². The third-order valence-electron chi connectivity index (χ3n) is 7.42. The van der Waals surface area contributed by atoms with Crippen molar-refractivity contribution in [2.45, 2.75) is 24.4 Å². The standard InChI is InChI=1S/C30H27NO5/c1-34-29(32)20-12-10-19(11-13-20)21-14-22-16-35-17-23(15-21)31(22)30(33)36-18-28-26-8-4-2-6-24(26)25-7-3-5-9-27(25)28/h2-14,22-23,28H,15-18H2,1H3. The molecule has 1 saturated heterocycles. The van der Waals surface area contributed by atoms with E-state index in [9.17, 15) is 9.59 Å². The second kappa shape index (κ2) is 9.28. The van der Waals surface area contributed by atoms with E-state index in [0.29, 0.717) is 31.8 Å². The summed E-state index contributed by atoms with van der Waals surface area (Å²) in [4.78, 5) is 27.0. The summed E-state index contributed by atoms with van der Waals surface area (Å²) in [6, 6.07) is 23.8. The van der Waals surface area contributed by atoms with Crippen molar-refractivity contribution in [3.63, 3.8) is 0 Å². The van der Waals surface area contributed by atoms with Gasteiger partial charge in [0.1, 0.15) is 6.61 Å². The Hall–Kier alpha value is -3.90. The number of ether oxygens (including phenoxy) is 3. The Morgan fingerprint density at radius 2 is 1.58 bits per heavy atom. The van der Waals surface area contributed by atoms with Crippen LogP contribution in [0.3, 0.4) is 0 Å². The number of morpholine rings is 1. The van der Waals surface area contributed by atoms with Gasteiger partial charge < -0.3 is 14.2 Å². The molecule has 3 aromatic carbocycles. The number of carbonyl (C=O) groups is 2. The molecule has 6 heteroatoms. The van der Waals surface area contributed by atoms with Crippen LogP contribution < -0.4 is 0 Å². The first-order chi connectivity index (χ1) is 17.6. The number of esters is 1. The minimum atomic E-state index is -0.356. The predicted octanol–water partition coefficient (Wildman–Crippen LogP) is 5.28. The van der Waals surface area contributed by atoms with Crippen LogP contribution >= 0.6 is 0 Å². The molecule has 6 nitrogen and oxygen atoms in total. The fraction of sp³-hybridized carbons (Fsp3) is 0.267. The minimum absolute atomic E-state index is 0.0293. The van der Waals surface area contributed by atoms with E-state index in [1.54, 1.807) is 12.1 Å². The number of methoxy groups -OCH3 is 1. The van der Waals surface area contributed by atoms with Crippen molar-refractivity contribution in [2.24, 2.45) is 0 Å². The number of hydrogen-bond donors (Lipinski definition) is 0. The zero-order valence-electron chi connectivity index (χ0n) is 20.1. The highest BCUT2D eigenvalue weighted by Gasteiger charge is 2.40. The maximum Gasteiger partial charge on any atom is 0.410 e. The Morgan fingerprint density at radius 3 is 2.22 bits per heavy atom. The molecule has 1 aliphatic carbocycles. The fourth-order valence-corrected chi connectivity index (χ4v) is 5.70. The van der Waals surface area contributed by atoms with E-state index < -0.39 is 0 Å². The smallest absolute Gasteiger partial charge is 0.410 e. The van der Waals surface area contributed by atoms with Gasteiger partial charge in [-0.2, -0.15) is 0 Å². The zero-order chi connectivity index (χ0) is 24.6. The van der Waals surface area contributed by atoms with Crippen LogP contribution in [0.4, 0.5) is 4.79 Å². The molecule has 0 saturated carbocycles. The Morgan fingerprint density at radius 1 is 0.917 bits per heavy atom. The molecule has 3 aromatic rings. The lowest BCUT2D eigenvalue weighted by atomic mass is 9.90. The fourth-order valence-electron chi connectivity index (χ4n) is 5.70. The average molecular weight is 482 g/mol. The first-order valence-electron chi connectivity index (χ1n) is 12.2. The van der Waals surface area contributed by atoms with Gasteiger partial charge in [-0.3, -0.25) is 4.90 Å². The predicted molar refractivity (Wildman–Crippen MR) is 136 cm³/mol. The van der Waals surface area contributed by atoms with E-state index >= 15 is 0 Å². The molecule has 3 aliphatic rings. The van der Waals surface area contributed by atoms with Crippen LogP contribution in [-0.2, 0) is 14.2 Å². The number of nitrogens with zero attached hydrogens (tertiary/aromatic N) is 1. The second-order valence-electron chi connectivity index (χ2n) is 9.43. The maximum atomic E-state index is 13.4. The second-order valence-corrected chi connectivity index (χ2v) is 9.43. The van der Waals surface area contributed by atoms with Gasteiger partial charge >= 0.3 is 12.1 Å². The lowest BCUT2D eigenvalue weighted by Crippen LogP contribution is -2.56. The molecule has 0 aromatic heterocycles. The molecule has 2 heterocycles. The molecular weight excluding hydrogens is 454 g/mol. The number of amides is 1. The van der Waals surface area contributed by atoms with Crippen LogP contribution in [-0.4, -0.2) is 56.0 Å². The lowest BCUT2D eigenvalue weighted by molar-refractivity contribution is -0.0331. The van der Waals surface area contributed by atoms with Crippen molar-refractivity contribution in [3.8, 4) is 11.1 Å². The van der Waals surface area contributed by atoms with Crippen LogP contribution in [0.5, 0.6) is 0 Å². The molecule has 1 amide bonds. The van der Waals surface area contributed by atoms with Gasteiger partial charge in [0.15, 0.2) is 0 Å². The quantitative estimate of drug-likeness (QED) is 0.475. The summed E-state index contributed by atoms with van der Waals surface area (Å²) in [6.45, 7) is 1.21. The summed E-state index contributed by atoms with van der Waals surface area (Å²) in [5, 5.41) is 0. The number of carbonyl (C=O) groups excluding carboxylic acids is 2. The number of rotatable bonds is 4. The molecule has 36 heavy (non-hydrogen) atoms. The first kappa shape index (κ1) is 22.6. The SMILES string of the molecule is COC(=O)c1ccc(C2=CC3COCC(C2)N3C(=O)OCC2c3ccccc3-c3ccccc32)cc1. The monoisotopic (exact) mass is 481 g/mol. The van der Waals surface area contributed by atoms with E-state index in [1.165, 1.54) is 29.4 Å². The van der Waals surface area contributed by atoms with Crippen molar-refractivity contribution < 1.29 is 23.8 Å². The van der Waals surface area contributed by atoms with Crippen molar-refractivity contribution in [3.05, 3.63) is 101 Å². The van der Waals surface area contributed by atoms with Crippen LogP contribution in [0.1, 0.15) is 39.4 Å². The number of fused-ring (bicyclic) bond motifs is 5. The molecule has 2 bridgehead atoms. The largest absolute Gasteiger partial charge is 0.465 e. The Kier molecular flexibility index (Phi) is 5.82. The van der Waals surface area contributed by atoms with Gasteiger partial charge in [-0.15, -0.1) is 0 Å². The third kappa shape index (κ3) is 3.88. The van der Waals surface area contributed by atoms with Crippen LogP contribution in [0.25, 0.3) is 16.7 Å². The van der Waals surface area contributed by atoms with Gasteiger partial charge in [-0.1, -0.05) is 66.7 Å². The molecule has 0 spiro atoms. The van der Waals surface area contributed by atoms with Gasteiger partial charge in [0, 0.05) is 5.92 Å². The summed E-state index contributed by atoms with van der Waals surface area (Å²) in [5.74, 6) is -0.326. The van der Waals surface area contributed by atoms with Crippen LogP contribution in [0.2, 0.25) is 0 Å². The topological polar surface area (TPSA) is 65.1 Å². The Bertz CT molecular complexity index is 1300. The molecular formula is C30H27NO5. The first-order valence-corrected chi connectivity index (χ1v) is 12.2. The van der Waals surface area contributed by atoms with Crippen LogP contribution in [0, 0.1) is 0 Å². The molecule has 0 N–H and O–H groups in total. The van der Waals surface area contributed by atoms with Crippen LogP contribution in [0.15, 0.2) is 78.9 Å². The van der Waals surface area contributed by atoms with Crippen molar-refractivity contribution in [2.75, 3.05) is 26.9 Å². The third-order valence-corrected chi connectivity index (χ3v) is 7.42. The molecule has 1 fully saturated rings. The van der Waals surface area contributed by atoms with Gasteiger partial charge in [0.05, 0.1) is 38.0 Å². The van der Waals surface area contributed by atoms with E-state index in [1.807, 2.05) is 41.3 Å². The van der Waals surface area contributed by atoms with E-state index in [4.69, 9.17) is 14.2 Å². The van der Waals surface area contributed by atoms with E-state index in [0.717, 1.165) is 11.1 Å². The van der Waals surface area contributed by atoms with Crippen molar-refractivity contribution >= 4 is 17.6 Å². The van der Waals surface area contributed by atoms with Gasteiger partial charge in [-0.05, 0) is 51.9 Å². The van der Waals surface area contributed by atoms with Crippen molar-refractivity contribution in [1.82, 2.24) is 4.90 Å². The normalized spacial score (nSPS) is 20.2. The Labute approximate surface area is 210 Å². The summed E-state index contributed by atoms with van der Waals surface area (Å²) >= 11 is 0. The Balaban J connectivity index is 1.19. The molecule has 2 atom stereocenters. The molecule has 2 unspecified atom stereocenters. The zero-order valence-corrected chi connectivity index (χ0v) is 20.1. The highest BCUT2D eigenvalue weighted by Crippen LogP contribution is 2.44. The van der Waals surface area contributed by atoms with Gasteiger partial charge in [0.25, 0.3) is 0 Å².